The van der Waals surface area contributed by atoms with Gasteiger partial charge in [0.15, 0.2) is 0 Å². The van der Waals surface area contributed by atoms with E-state index >= 15 is 0 Å². The molecule has 90 valence electrons. The molecule has 0 atom stereocenters. The molecule has 1 aliphatic carbocycles. The highest BCUT2D eigenvalue weighted by Crippen LogP contribution is 2.54. The van der Waals surface area contributed by atoms with Gasteiger partial charge >= 0.3 is 12.1 Å². The van der Waals surface area contributed by atoms with Crippen molar-refractivity contribution in [2.45, 2.75) is 44.2 Å². The third-order valence-corrected chi connectivity index (χ3v) is 3.22. The summed E-state index contributed by atoms with van der Waals surface area (Å²) in [5.74, 6) is -4.67. The summed E-state index contributed by atoms with van der Waals surface area (Å²) in [4.78, 5) is 0. The molecule has 0 heterocycles. The van der Waals surface area contributed by atoms with Gasteiger partial charge in [0.1, 0.15) is 0 Å². The highest BCUT2D eigenvalue weighted by molar-refractivity contribution is 4.99. The van der Waals surface area contributed by atoms with Gasteiger partial charge in [-0.3, -0.25) is 0 Å². The number of hydrogen-bond donors (Lipinski definition) is 1. The summed E-state index contributed by atoms with van der Waals surface area (Å²) in [6.07, 6.45) is -4.29. The van der Waals surface area contributed by atoms with Gasteiger partial charge in [0, 0.05) is 6.54 Å². The Bertz CT molecular complexity index is 217. The van der Waals surface area contributed by atoms with Crippen molar-refractivity contribution in [3.05, 3.63) is 0 Å². The molecule has 0 aromatic rings. The molecule has 0 aliphatic heterocycles. The molecule has 0 amide bonds. The van der Waals surface area contributed by atoms with Gasteiger partial charge in [-0.25, -0.2) is 0 Å². The number of halogens is 5. The van der Waals surface area contributed by atoms with E-state index in [0.717, 1.165) is 0 Å². The third kappa shape index (κ3) is 1.96. The molecule has 1 aliphatic rings. The summed E-state index contributed by atoms with van der Waals surface area (Å²) in [5.41, 5.74) is 3.06. The van der Waals surface area contributed by atoms with Gasteiger partial charge in [0.05, 0.1) is 5.41 Å². The molecule has 0 radical (unpaired) electrons. The van der Waals surface area contributed by atoms with Gasteiger partial charge in [-0.2, -0.15) is 22.0 Å². The summed E-state index contributed by atoms with van der Waals surface area (Å²) in [7, 11) is 0. The van der Waals surface area contributed by atoms with E-state index in [0.29, 0.717) is 19.3 Å². The van der Waals surface area contributed by atoms with E-state index in [1.807, 2.05) is 0 Å². The van der Waals surface area contributed by atoms with Crippen LogP contribution in [0.15, 0.2) is 0 Å². The van der Waals surface area contributed by atoms with E-state index in [4.69, 9.17) is 5.73 Å². The average molecular weight is 231 g/mol. The van der Waals surface area contributed by atoms with Crippen LogP contribution in [0.5, 0.6) is 0 Å². The second-order valence-corrected chi connectivity index (χ2v) is 4.12. The standard InChI is InChI=1S/C9H14F5N/c10-8(11,9(12,13)14)7(6-15)4-2-1-3-5-7/h1-6,15H2. The second-order valence-electron chi connectivity index (χ2n) is 4.12. The first kappa shape index (κ1) is 12.7. The van der Waals surface area contributed by atoms with Crippen molar-refractivity contribution in [3.63, 3.8) is 0 Å². The molecule has 1 saturated carbocycles. The minimum absolute atomic E-state index is 0.143. The number of hydrogen-bond acceptors (Lipinski definition) is 1. The van der Waals surface area contributed by atoms with Crippen LogP contribution in [0.2, 0.25) is 0 Å². The van der Waals surface area contributed by atoms with Gasteiger partial charge in [-0.1, -0.05) is 19.3 Å². The van der Waals surface area contributed by atoms with Crippen LogP contribution in [0.3, 0.4) is 0 Å². The Morgan fingerprint density at radius 2 is 1.40 bits per heavy atom. The monoisotopic (exact) mass is 231 g/mol. The normalized spacial score (nSPS) is 22.8. The molecule has 0 unspecified atom stereocenters. The smallest absolute Gasteiger partial charge is 0.330 e. The molecule has 6 heteroatoms. The van der Waals surface area contributed by atoms with Gasteiger partial charge < -0.3 is 5.73 Å². The molecule has 1 nitrogen and oxygen atoms in total. The molecule has 2 N–H and O–H groups in total. The molecular formula is C9H14F5N. The molecule has 0 saturated heterocycles. The summed E-state index contributed by atoms with van der Waals surface area (Å²) in [5, 5.41) is 0. The lowest BCUT2D eigenvalue weighted by atomic mass is 9.69. The predicted octanol–water partition coefficient (Wildman–Crippen LogP) is 3.09. The van der Waals surface area contributed by atoms with Crippen molar-refractivity contribution in [1.82, 2.24) is 0 Å². The van der Waals surface area contributed by atoms with Crippen LogP contribution in [0.1, 0.15) is 32.1 Å². The average Bonchev–Trinajstić information content (AvgIpc) is 2.17. The lowest BCUT2D eigenvalue weighted by molar-refractivity contribution is -0.329. The van der Waals surface area contributed by atoms with E-state index in [-0.39, 0.29) is 12.8 Å². The maximum atomic E-state index is 13.3. The Morgan fingerprint density at radius 1 is 0.933 bits per heavy atom. The lowest BCUT2D eigenvalue weighted by Gasteiger charge is -2.42. The SMILES string of the molecule is NCC1(C(F)(F)C(F)(F)F)CCCCC1. The molecule has 0 bridgehead atoms. The highest BCUT2D eigenvalue weighted by Gasteiger charge is 2.68. The van der Waals surface area contributed by atoms with Crippen molar-refractivity contribution in [2.75, 3.05) is 6.54 Å². The topological polar surface area (TPSA) is 26.0 Å². The molecule has 0 aromatic heterocycles. The summed E-state index contributed by atoms with van der Waals surface area (Å²) < 4.78 is 63.3. The minimum Gasteiger partial charge on any atom is -0.330 e. The number of alkyl halides is 5. The zero-order valence-corrected chi connectivity index (χ0v) is 8.21. The van der Waals surface area contributed by atoms with Crippen molar-refractivity contribution in [1.29, 1.82) is 0 Å². The van der Waals surface area contributed by atoms with Crippen LogP contribution in [-0.2, 0) is 0 Å². The first-order valence-electron chi connectivity index (χ1n) is 4.91. The number of nitrogens with two attached hydrogens (primary N) is 1. The Morgan fingerprint density at radius 3 is 1.73 bits per heavy atom. The molecule has 15 heavy (non-hydrogen) atoms. The maximum Gasteiger partial charge on any atom is 0.453 e. The minimum atomic E-state index is -5.50. The third-order valence-electron chi connectivity index (χ3n) is 3.22. The van der Waals surface area contributed by atoms with Crippen molar-refractivity contribution in [2.24, 2.45) is 11.1 Å². The zero-order chi connectivity index (χ0) is 11.7. The van der Waals surface area contributed by atoms with Crippen molar-refractivity contribution in [3.8, 4) is 0 Å². The zero-order valence-electron chi connectivity index (χ0n) is 8.21. The van der Waals surface area contributed by atoms with Crippen LogP contribution in [-0.4, -0.2) is 18.6 Å². The fraction of sp³-hybridized carbons (Fsp3) is 1.00. The van der Waals surface area contributed by atoms with Gasteiger partial charge in [-0.05, 0) is 12.8 Å². The Balaban J connectivity index is 2.98. The summed E-state index contributed by atoms with van der Waals surface area (Å²) >= 11 is 0. The van der Waals surface area contributed by atoms with Crippen LogP contribution >= 0.6 is 0 Å². The van der Waals surface area contributed by atoms with E-state index in [1.54, 1.807) is 0 Å². The van der Waals surface area contributed by atoms with E-state index < -0.39 is 24.1 Å². The fourth-order valence-electron chi connectivity index (χ4n) is 2.18. The van der Waals surface area contributed by atoms with Crippen LogP contribution < -0.4 is 5.73 Å². The largest absolute Gasteiger partial charge is 0.453 e. The van der Waals surface area contributed by atoms with Crippen LogP contribution in [0.25, 0.3) is 0 Å². The highest BCUT2D eigenvalue weighted by atomic mass is 19.4. The van der Waals surface area contributed by atoms with Gasteiger partial charge in [-0.15, -0.1) is 0 Å². The number of rotatable bonds is 2. The first-order valence-corrected chi connectivity index (χ1v) is 4.91. The van der Waals surface area contributed by atoms with E-state index in [9.17, 15) is 22.0 Å². The van der Waals surface area contributed by atoms with Crippen LogP contribution in [0, 0.1) is 5.41 Å². The quantitative estimate of drug-likeness (QED) is 0.726. The Labute approximate surface area is 84.8 Å². The van der Waals surface area contributed by atoms with Crippen LogP contribution in [0.4, 0.5) is 22.0 Å². The Hall–Kier alpha value is -0.390. The lowest BCUT2D eigenvalue weighted by Crippen LogP contribution is -2.56. The predicted molar refractivity (Wildman–Crippen MR) is 45.6 cm³/mol. The van der Waals surface area contributed by atoms with Gasteiger partial charge in [0.25, 0.3) is 0 Å². The summed E-state index contributed by atoms with van der Waals surface area (Å²) in [6.45, 7) is -0.612. The second kappa shape index (κ2) is 3.88. The maximum absolute atomic E-state index is 13.3. The molecular weight excluding hydrogens is 217 g/mol. The molecule has 1 rings (SSSR count). The molecule has 0 spiro atoms. The first-order chi connectivity index (χ1) is 6.77. The molecule has 0 aromatic carbocycles. The Kier molecular flexibility index (Phi) is 3.28. The van der Waals surface area contributed by atoms with Gasteiger partial charge in [0.2, 0.25) is 0 Å². The van der Waals surface area contributed by atoms with E-state index in [1.165, 1.54) is 0 Å². The summed E-state index contributed by atoms with van der Waals surface area (Å²) in [6, 6.07) is 0. The van der Waals surface area contributed by atoms with E-state index in [2.05, 4.69) is 0 Å². The van der Waals surface area contributed by atoms with Crippen molar-refractivity contribution >= 4 is 0 Å². The molecule has 1 fully saturated rings. The fourth-order valence-corrected chi connectivity index (χ4v) is 2.18. The van der Waals surface area contributed by atoms with Crippen molar-refractivity contribution < 1.29 is 22.0 Å².